The lowest BCUT2D eigenvalue weighted by Crippen LogP contribution is -2.08. The number of nitrogens with two attached hydrogens (primary N) is 1. The molecule has 0 unspecified atom stereocenters. The van der Waals surface area contributed by atoms with Gasteiger partial charge in [-0.2, -0.15) is 0 Å². The van der Waals surface area contributed by atoms with Crippen molar-refractivity contribution in [2.45, 2.75) is 47.0 Å². The van der Waals surface area contributed by atoms with Gasteiger partial charge in [-0.3, -0.25) is 4.40 Å². The highest BCUT2D eigenvalue weighted by Crippen LogP contribution is 2.36. The Morgan fingerprint density at radius 3 is 2.57 bits per heavy atom. The van der Waals surface area contributed by atoms with Gasteiger partial charge in [-0.25, -0.2) is 4.98 Å². The SMILES string of the molecule is Cc1ccc(-c2c(C)sc3nc(C(C)C)c(CCN)n23)c(C)c1. The van der Waals surface area contributed by atoms with Gasteiger partial charge in [0.2, 0.25) is 0 Å². The van der Waals surface area contributed by atoms with Crippen molar-refractivity contribution >= 4 is 16.3 Å². The van der Waals surface area contributed by atoms with Gasteiger partial charge < -0.3 is 5.73 Å². The monoisotopic (exact) mass is 327 g/mol. The Balaban J connectivity index is 2.33. The number of aryl methyl sites for hydroxylation is 3. The van der Waals surface area contributed by atoms with Crippen molar-refractivity contribution in [2.24, 2.45) is 5.73 Å². The normalized spacial score (nSPS) is 11.8. The first-order chi connectivity index (χ1) is 10.9. The fraction of sp³-hybridized carbons (Fsp3) is 0.421. The summed E-state index contributed by atoms with van der Waals surface area (Å²) in [4.78, 5) is 7.31. The van der Waals surface area contributed by atoms with Crippen LogP contribution in [-0.4, -0.2) is 15.9 Å². The van der Waals surface area contributed by atoms with Gasteiger partial charge in [0.15, 0.2) is 4.96 Å². The molecule has 0 aliphatic carbocycles. The lowest BCUT2D eigenvalue weighted by Gasteiger charge is -2.11. The van der Waals surface area contributed by atoms with Crippen LogP contribution in [0.3, 0.4) is 0 Å². The summed E-state index contributed by atoms with van der Waals surface area (Å²) in [5, 5.41) is 0. The van der Waals surface area contributed by atoms with Gasteiger partial charge >= 0.3 is 0 Å². The Labute approximate surface area is 142 Å². The lowest BCUT2D eigenvalue weighted by molar-refractivity contribution is 0.792. The molecule has 0 radical (unpaired) electrons. The molecule has 3 aromatic rings. The topological polar surface area (TPSA) is 43.3 Å². The average molecular weight is 327 g/mol. The van der Waals surface area contributed by atoms with Crippen LogP contribution in [0.5, 0.6) is 0 Å². The molecule has 0 aliphatic heterocycles. The minimum atomic E-state index is 0.413. The van der Waals surface area contributed by atoms with Gasteiger partial charge in [0.25, 0.3) is 0 Å². The second-order valence-corrected chi connectivity index (χ2v) is 7.76. The summed E-state index contributed by atoms with van der Waals surface area (Å²) in [7, 11) is 0. The lowest BCUT2D eigenvalue weighted by atomic mass is 10.0. The van der Waals surface area contributed by atoms with Crippen molar-refractivity contribution in [1.29, 1.82) is 0 Å². The molecule has 122 valence electrons. The highest BCUT2D eigenvalue weighted by molar-refractivity contribution is 7.17. The number of benzene rings is 1. The zero-order valence-electron chi connectivity index (χ0n) is 14.6. The highest BCUT2D eigenvalue weighted by atomic mass is 32.1. The molecule has 23 heavy (non-hydrogen) atoms. The number of hydrogen-bond acceptors (Lipinski definition) is 3. The Morgan fingerprint density at radius 2 is 1.96 bits per heavy atom. The largest absolute Gasteiger partial charge is 0.330 e. The van der Waals surface area contributed by atoms with Crippen molar-refractivity contribution in [3.8, 4) is 11.3 Å². The number of fused-ring (bicyclic) bond motifs is 1. The van der Waals surface area contributed by atoms with E-state index in [1.807, 2.05) is 0 Å². The predicted molar refractivity (Wildman–Crippen MR) is 99.6 cm³/mol. The summed E-state index contributed by atoms with van der Waals surface area (Å²) in [6.45, 7) is 11.6. The first-order valence-corrected chi connectivity index (χ1v) is 9.04. The van der Waals surface area contributed by atoms with E-state index in [9.17, 15) is 0 Å². The van der Waals surface area contributed by atoms with E-state index in [1.165, 1.54) is 38.6 Å². The maximum absolute atomic E-state index is 5.89. The molecule has 0 bridgehead atoms. The summed E-state index contributed by atoms with van der Waals surface area (Å²) in [5.41, 5.74) is 13.5. The summed E-state index contributed by atoms with van der Waals surface area (Å²) >= 11 is 1.78. The van der Waals surface area contributed by atoms with Gasteiger partial charge in [0.05, 0.1) is 11.4 Å². The van der Waals surface area contributed by atoms with Crippen molar-refractivity contribution in [1.82, 2.24) is 9.38 Å². The number of rotatable bonds is 4. The molecule has 0 saturated heterocycles. The molecule has 2 N–H and O–H groups in total. The van der Waals surface area contributed by atoms with Crippen LogP contribution in [0.1, 0.15) is 47.2 Å². The maximum atomic E-state index is 5.89. The molecule has 3 rings (SSSR count). The van der Waals surface area contributed by atoms with Gasteiger partial charge in [-0.15, -0.1) is 11.3 Å². The van der Waals surface area contributed by atoms with Crippen LogP contribution in [0.4, 0.5) is 0 Å². The van der Waals surface area contributed by atoms with Crippen molar-refractivity contribution in [3.63, 3.8) is 0 Å². The minimum absolute atomic E-state index is 0.413. The van der Waals surface area contributed by atoms with E-state index in [0.29, 0.717) is 12.5 Å². The van der Waals surface area contributed by atoms with E-state index in [4.69, 9.17) is 10.7 Å². The van der Waals surface area contributed by atoms with Gasteiger partial charge in [0, 0.05) is 22.6 Å². The van der Waals surface area contributed by atoms with E-state index in [0.717, 1.165) is 11.4 Å². The van der Waals surface area contributed by atoms with Gasteiger partial charge in [0.1, 0.15) is 0 Å². The number of hydrogen-bond donors (Lipinski definition) is 1. The molecule has 0 spiro atoms. The summed E-state index contributed by atoms with van der Waals surface area (Å²) in [6.07, 6.45) is 0.864. The third-order valence-corrected chi connectivity index (χ3v) is 5.30. The molecule has 3 nitrogen and oxygen atoms in total. The predicted octanol–water partition coefficient (Wildman–Crippen LogP) is 4.61. The summed E-state index contributed by atoms with van der Waals surface area (Å²) in [6, 6.07) is 6.68. The second kappa shape index (κ2) is 6.10. The van der Waals surface area contributed by atoms with Gasteiger partial charge in [-0.1, -0.05) is 37.6 Å². The van der Waals surface area contributed by atoms with Crippen LogP contribution >= 0.6 is 11.3 Å². The maximum Gasteiger partial charge on any atom is 0.194 e. The Bertz CT molecular complexity index is 855. The molecule has 0 amide bonds. The Morgan fingerprint density at radius 1 is 1.22 bits per heavy atom. The molecule has 2 heterocycles. The van der Waals surface area contributed by atoms with Crippen molar-refractivity contribution in [3.05, 3.63) is 45.6 Å². The number of aromatic nitrogens is 2. The molecule has 2 aromatic heterocycles. The minimum Gasteiger partial charge on any atom is -0.330 e. The molecule has 1 aromatic carbocycles. The van der Waals surface area contributed by atoms with E-state index in [2.05, 4.69) is 57.2 Å². The van der Waals surface area contributed by atoms with E-state index < -0.39 is 0 Å². The van der Waals surface area contributed by atoms with E-state index in [-0.39, 0.29) is 0 Å². The first kappa shape index (κ1) is 16.2. The van der Waals surface area contributed by atoms with E-state index >= 15 is 0 Å². The van der Waals surface area contributed by atoms with Crippen molar-refractivity contribution in [2.75, 3.05) is 6.54 Å². The summed E-state index contributed by atoms with van der Waals surface area (Å²) in [5.74, 6) is 0.413. The van der Waals surface area contributed by atoms with Crippen LogP contribution < -0.4 is 5.73 Å². The molecular formula is C19H25N3S. The van der Waals surface area contributed by atoms with Gasteiger partial charge in [-0.05, 0) is 38.8 Å². The molecular weight excluding hydrogens is 302 g/mol. The Hall–Kier alpha value is -1.65. The molecule has 0 aliphatic rings. The van der Waals surface area contributed by atoms with Crippen LogP contribution in [0.15, 0.2) is 18.2 Å². The molecule has 0 fully saturated rings. The fourth-order valence-corrected chi connectivity index (χ4v) is 4.33. The average Bonchev–Trinajstić information content (AvgIpc) is 2.96. The zero-order chi connectivity index (χ0) is 16.7. The summed E-state index contributed by atoms with van der Waals surface area (Å²) < 4.78 is 2.35. The third-order valence-electron chi connectivity index (χ3n) is 4.34. The smallest absolute Gasteiger partial charge is 0.194 e. The van der Waals surface area contributed by atoms with Crippen LogP contribution in [-0.2, 0) is 6.42 Å². The fourth-order valence-electron chi connectivity index (χ4n) is 3.32. The Kier molecular flexibility index (Phi) is 4.30. The standard InChI is InChI=1S/C19H25N3S/c1-11(2)17-16(8-9-20)22-18(14(5)23-19(22)21-17)15-7-6-12(3)10-13(15)4/h6-7,10-11H,8-9,20H2,1-5H3. The third kappa shape index (κ3) is 2.70. The van der Waals surface area contributed by atoms with Crippen LogP contribution in [0.25, 0.3) is 16.2 Å². The van der Waals surface area contributed by atoms with Crippen molar-refractivity contribution < 1.29 is 0 Å². The van der Waals surface area contributed by atoms with Crippen LogP contribution in [0.2, 0.25) is 0 Å². The quantitative estimate of drug-likeness (QED) is 0.760. The van der Waals surface area contributed by atoms with E-state index in [1.54, 1.807) is 11.3 Å². The van der Waals surface area contributed by atoms with Crippen LogP contribution in [0, 0.1) is 20.8 Å². The highest BCUT2D eigenvalue weighted by Gasteiger charge is 2.21. The number of nitrogens with zero attached hydrogens (tertiary/aromatic N) is 2. The zero-order valence-corrected chi connectivity index (χ0v) is 15.4. The second-order valence-electron chi connectivity index (χ2n) is 6.58. The first-order valence-electron chi connectivity index (χ1n) is 8.22. The number of imidazole rings is 1. The molecule has 0 saturated carbocycles. The number of thiazole rings is 1. The molecule has 4 heteroatoms. The molecule has 0 atom stereocenters.